The van der Waals surface area contributed by atoms with E-state index in [1.165, 1.54) is 11.9 Å². The fourth-order valence-electron chi connectivity index (χ4n) is 1.88. The third kappa shape index (κ3) is 2.78. The average Bonchev–Trinajstić information content (AvgIpc) is 2.36. The number of hydrogen-bond acceptors (Lipinski definition) is 3. The fraction of sp³-hybridized carbons (Fsp3) is 0.231. The van der Waals surface area contributed by atoms with Crippen molar-refractivity contribution in [2.45, 2.75) is 6.43 Å². The number of rotatable bonds is 4. The van der Waals surface area contributed by atoms with Crippen molar-refractivity contribution in [3.63, 3.8) is 0 Å². The number of aromatic nitrogens is 1. The summed E-state index contributed by atoms with van der Waals surface area (Å²) < 4.78 is 24.8. The van der Waals surface area contributed by atoms with Crippen LogP contribution in [0.15, 0.2) is 30.3 Å². The van der Waals surface area contributed by atoms with E-state index in [4.69, 9.17) is 11.1 Å². The van der Waals surface area contributed by atoms with Crippen LogP contribution in [0.25, 0.3) is 10.9 Å². The molecule has 0 aliphatic rings. The summed E-state index contributed by atoms with van der Waals surface area (Å²) in [6.45, 7) is -0.414. The predicted octanol–water partition coefficient (Wildman–Crippen LogP) is 2.22. The number of nitrogens with one attached hydrogen (secondary N) is 1. The van der Waals surface area contributed by atoms with Crippen molar-refractivity contribution < 1.29 is 8.78 Å². The largest absolute Gasteiger partial charge is 0.384 e. The van der Waals surface area contributed by atoms with Crippen molar-refractivity contribution in [2.24, 2.45) is 5.73 Å². The normalized spacial score (nSPS) is 10.9. The van der Waals surface area contributed by atoms with Crippen LogP contribution in [-0.4, -0.2) is 30.8 Å². The van der Waals surface area contributed by atoms with Crippen LogP contribution in [0.5, 0.6) is 0 Å². The Morgan fingerprint density at radius 2 is 2.11 bits per heavy atom. The number of amidine groups is 1. The van der Waals surface area contributed by atoms with Crippen LogP contribution in [-0.2, 0) is 0 Å². The molecule has 0 atom stereocenters. The van der Waals surface area contributed by atoms with Crippen molar-refractivity contribution >= 4 is 22.6 Å². The van der Waals surface area contributed by atoms with Crippen molar-refractivity contribution in [3.8, 4) is 0 Å². The van der Waals surface area contributed by atoms with Gasteiger partial charge < -0.3 is 10.6 Å². The van der Waals surface area contributed by atoms with Crippen molar-refractivity contribution in [1.82, 2.24) is 4.98 Å². The van der Waals surface area contributed by atoms with Crippen LogP contribution in [0.3, 0.4) is 0 Å². The van der Waals surface area contributed by atoms with Gasteiger partial charge in [-0.15, -0.1) is 0 Å². The summed E-state index contributed by atoms with van der Waals surface area (Å²) >= 11 is 0. The number of fused-ring (bicyclic) bond motifs is 1. The highest BCUT2D eigenvalue weighted by molar-refractivity contribution is 6.07. The molecule has 0 unspecified atom stereocenters. The minimum absolute atomic E-state index is 0.106. The number of nitrogen functional groups attached to an aromatic ring is 1. The van der Waals surface area contributed by atoms with Crippen molar-refractivity contribution in [3.05, 3.63) is 35.9 Å². The second kappa shape index (κ2) is 5.17. The first-order valence-electron chi connectivity index (χ1n) is 5.72. The minimum atomic E-state index is -2.45. The number of para-hydroxylation sites is 1. The van der Waals surface area contributed by atoms with Gasteiger partial charge in [0, 0.05) is 18.0 Å². The second-order valence-electron chi connectivity index (χ2n) is 4.23. The maximum atomic E-state index is 12.4. The van der Waals surface area contributed by atoms with Gasteiger partial charge >= 0.3 is 0 Å². The number of nitrogens with two attached hydrogens (primary N) is 1. The minimum Gasteiger partial charge on any atom is -0.384 e. The molecule has 4 nitrogen and oxygen atoms in total. The Balaban J connectivity index is 2.55. The average molecular weight is 264 g/mol. The van der Waals surface area contributed by atoms with E-state index in [2.05, 4.69) is 4.98 Å². The van der Waals surface area contributed by atoms with E-state index in [0.717, 1.165) is 5.39 Å². The molecule has 1 aromatic carbocycles. The fourth-order valence-corrected chi connectivity index (χ4v) is 1.88. The van der Waals surface area contributed by atoms with Gasteiger partial charge in [0.1, 0.15) is 11.7 Å². The Morgan fingerprint density at radius 3 is 2.74 bits per heavy atom. The van der Waals surface area contributed by atoms with Crippen LogP contribution < -0.4 is 10.6 Å². The molecule has 0 amide bonds. The van der Waals surface area contributed by atoms with E-state index in [-0.39, 0.29) is 5.84 Å². The number of pyridine rings is 1. The number of halogens is 2. The number of nitrogens with zero attached hydrogens (tertiary/aromatic N) is 2. The number of anilines is 1. The maximum absolute atomic E-state index is 12.4. The van der Waals surface area contributed by atoms with Crippen LogP contribution in [0.2, 0.25) is 0 Å². The summed E-state index contributed by atoms with van der Waals surface area (Å²) in [5.74, 6) is 0.273. The van der Waals surface area contributed by atoms with Crippen molar-refractivity contribution in [2.75, 3.05) is 18.5 Å². The molecule has 3 N–H and O–H groups in total. The molecule has 0 bridgehead atoms. The van der Waals surface area contributed by atoms with Gasteiger partial charge in [0.25, 0.3) is 6.43 Å². The SMILES string of the molecule is CN(CC(F)F)c1cc(C(=N)N)c2ccccc2n1. The lowest BCUT2D eigenvalue weighted by atomic mass is 10.1. The predicted molar refractivity (Wildman–Crippen MR) is 72.0 cm³/mol. The molecule has 0 saturated carbocycles. The van der Waals surface area contributed by atoms with E-state index in [0.29, 0.717) is 16.9 Å². The van der Waals surface area contributed by atoms with Gasteiger partial charge in [-0.2, -0.15) is 0 Å². The quantitative estimate of drug-likeness (QED) is 0.657. The number of benzene rings is 1. The lowest BCUT2D eigenvalue weighted by Gasteiger charge is -2.19. The lowest BCUT2D eigenvalue weighted by Crippen LogP contribution is -2.25. The molecule has 6 heteroatoms. The highest BCUT2D eigenvalue weighted by atomic mass is 19.3. The highest BCUT2D eigenvalue weighted by Gasteiger charge is 2.13. The van der Waals surface area contributed by atoms with Gasteiger partial charge in [0.15, 0.2) is 0 Å². The Morgan fingerprint density at radius 1 is 1.42 bits per heavy atom. The van der Waals surface area contributed by atoms with E-state index < -0.39 is 13.0 Å². The number of hydrogen-bond donors (Lipinski definition) is 2. The summed E-state index contributed by atoms with van der Waals surface area (Å²) in [5, 5.41) is 8.32. The second-order valence-corrected chi connectivity index (χ2v) is 4.23. The van der Waals surface area contributed by atoms with Crippen molar-refractivity contribution in [1.29, 1.82) is 5.41 Å². The highest BCUT2D eigenvalue weighted by Crippen LogP contribution is 2.22. The first-order valence-corrected chi connectivity index (χ1v) is 5.72. The Hall–Kier alpha value is -2.24. The molecule has 0 radical (unpaired) electrons. The molecular formula is C13H14F2N4. The summed E-state index contributed by atoms with van der Waals surface area (Å²) in [6.07, 6.45) is -2.45. The molecule has 2 rings (SSSR count). The molecule has 0 aliphatic heterocycles. The molecule has 0 aliphatic carbocycles. The summed E-state index contributed by atoms with van der Waals surface area (Å²) in [7, 11) is 1.53. The van der Waals surface area contributed by atoms with E-state index in [1.807, 2.05) is 6.07 Å². The van der Waals surface area contributed by atoms with Gasteiger partial charge in [0.05, 0.1) is 12.1 Å². The lowest BCUT2D eigenvalue weighted by molar-refractivity contribution is 0.156. The van der Waals surface area contributed by atoms with Gasteiger partial charge in [-0.25, -0.2) is 13.8 Å². The van der Waals surface area contributed by atoms with E-state index in [1.54, 1.807) is 24.3 Å². The first kappa shape index (κ1) is 13.2. The first-order chi connectivity index (χ1) is 8.99. The number of alkyl halides is 2. The molecule has 0 spiro atoms. The maximum Gasteiger partial charge on any atom is 0.255 e. The van der Waals surface area contributed by atoms with Crippen LogP contribution in [0, 0.1) is 5.41 Å². The molecule has 2 aromatic rings. The topological polar surface area (TPSA) is 66.0 Å². The Labute approximate surface area is 109 Å². The zero-order valence-corrected chi connectivity index (χ0v) is 10.4. The monoisotopic (exact) mass is 264 g/mol. The third-order valence-electron chi connectivity index (χ3n) is 2.80. The van der Waals surface area contributed by atoms with E-state index in [9.17, 15) is 8.78 Å². The molecule has 100 valence electrons. The molecular weight excluding hydrogens is 250 g/mol. The van der Waals surface area contributed by atoms with Gasteiger partial charge in [-0.3, -0.25) is 5.41 Å². The van der Waals surface area contributed by atoms with Gasteiger partial charge in [0.2, 0.25) is 0 Å². The van der Waals surface area contributed by atoms with E-state index >= 15 is 0 Å². The molecule has 1 heterocycles. The summed E-state index contributed by atoms with van der Waals surface area (Å²) in [4.78, 5) is 5.66. The van der Waals surface area contributed by atoms with Crippen LogP contribution >= 0.6 is 0 Å². The Bertz CT molecular complexity index is 613. The molecule has 0 saturated heterocycles. The third-order valence-corrected chi connectivity index (χ3v) is 2.80. The summed E-state index contributed by atoms with van der Waals surface area (Å²) in [5.41, 5.74) is 6.67. The van der Waals surface area contributed by atoms with Crippen LogP contribution in [0.4, 0.5) is 14.6 Å². The molecule has 19 heavy (non-hydrogen) atoms. The summed E-state index contributed by atoms with van der Waals surface area (Å²) in [6, 6.07) is 8.75. The zero-order valence-electron chi connectivity index (χ0n) is 10.4. The molecule has 0 fully saturated rings. The van der Waals surface area contributed by atoms with Crippen LogP contribution in [0.1, 0.15) is 5.56 Å². The van der Waals surface area contributed by atoms with Gasteiger partial charge in [-0.1, -0.05) is 18.2 Å². The molecule has 1 aromatic heterocycles. The smallest absolute Gasteiger partial charge is 0.255 e. The zero-order chi connectivity index (χ0) is 14.0. The standard InChI is InChI=1S/C13H14F2N4/c1-19(7-11(14)15)12-6-9(13(16)17)8-4-2-3-5-10(8)18-12/h2-6,11H,7H2,1H3,(H3,16,17). The van der Waals surface area contributed by atoms with Gasteiger partial charge in [-0.05, 0) is 12.1 Å². The Kier molecular flexibility index (Phi) is 3.59.